The number of aromatic nitrogens is 2. The first-order valence-electron chi connectivity index (χ1n) is 7.48. The highest BCUT2D eigenvalue weighted by molar-refractivity contribution is 5.22. The van der Waals surface area contributed by atoms with Crippen molar-refractivity contribution in [2.24, 2.45) is 0 Å². The molecule has 2 aromatic heterocycles. The lowest BCUT2D eigenvalue weighted by Crippen LogP contribution is -2.23. The Morgan fingerprint density at radius 3 is 3.05 bits per heavy atom. The molecule has 2 aromatic rings. The highest BCUT2D eigenvalue weighted by Crippen LogP contribution is 2.33. The van der Waals surface area contributed by atoms with Gasteiger partial charge in [0.25, 0.3) is 0 Å². The third kappa shape index (κ3) is 2.93. The van der Waals surface area contributed by atoms with Gasteiger partial charge in [-0.05, 0) is 37.9 Å². The largest absolute Gasteiger partial charge is 0.495 e. The van der Waals surface area contributed by atoms with Crippen molar-refractivity contribution in [3.8, 4) is 5.75 Å². The Kier molecular flexibility index (Phi) is 4.20. The van der Waals surface area contributed by atoms with Crippen molar-refractivity contribution in [3.05, 3.63) is 41.5 Å². The maximum Gasteiger partial charge on any atom is 0.137 e. The standard InChI is InChI=1S/C16H21N3O2/c1-3-14-12(11-21-18-14)10-19-8-4-5-16(19)15-7-6-13(20-2)9-17-15/h6-7,9,11,16H,3-5,8,10H2,1-2H3. The lowest BCUT2D eigenvalue weighted by atomic mass is 10.1. The number of hydrogen-bond acceptors (Lipinski definition) is 5. The fourth-order valence-electron chi connectivity index (χ4n) is 2.98. The molecule has 0 saturated carbocycles. The van der Waals surface area contributed by atoms with Crippen LogP contribution in [0, 0.1) is 0 Å². The van der Waals surface area contributed by atoms with Crippen LogP contribution in [0.15, 0.2) is 29.1 Å². The van der Waals surface area contributed by atoms with Gasteiger partial charge in [-0.2, -0.15) is 0 Å². The van der Waals surface area contributed by atoms with Crippen LogP contribution in [0.5, 0.6) is 5.75 Å². The number of rotatable bonds is 5. The molecular formula is C16H21N3O2. The van der Waals surface area contributed by atoms with Gasteiger partial charge in [-0.15, -0.1) is 0 Å². The second kappa shape index (κ2) is 6.26. The highest BCUT2D eigenvalue weighted by atomic mass is 16.5. The fourth-order valence-corrected chi connectivity index (χ4v) is 2.98. The molecule has 0 aromatic carbocycles. The molecule has 0 aliphatic carbocycles. The molecule has 1 aliphatic heterocycles. The summed E-state index contributed by atoms with van der Waals surface area (Å²) in [6, 6.07) is 4.42. The molecule has 3 heterocycles. The monoisotopic (exact) mass is 287 g/mol. The average Bonchev–Trinajstić information content (AvgIpc) is 3.17. The summed E-state index contributed by atoms with van der Waals surface area (Å²) >= 11 is 0. The van der Waals surface area contributed by atoms with E-state index in [1.54, 1.807) is 19.6 Å². The first-order chi connectivity index (χ1) is 10.3. The van der Waals surface area contributed by atoms with Gasteiger partial charge < -0.3 is 9.26 Å². The van der Waals surface area contributed by atoms with Crippen LogP contribution in [-0.2, 0) is 13.0 Å². The maximum absolute atomic E-state index is 5.18. The molecule has 0 radical (unpaired) electrons. The predicted octanol–water partition coefficient (Wildman–Crippen LogP) is 2.98. The number of hydrogen-bond donors (Lipinski definition) is 0. The Morgan fingerprint density at radius 2 is 2.33 bits per heavy atom. The van der Waals surface area contributed by atoms with Crippen LogP contribution in [0.25, 0.3) is 0 Å². The van der Waals surface area contributed by atoms with E-state index in [9.17, 15) is 0 Å². The zero-order valence-corrected chi connectivity index (χ0v) is 12.6. The van der Waals surface area contributed by atoms with E-state index in [1.165, 1.54) is 12.0 Å². The molecule has 1 atom stereocenters. The Bertz CT molecular complexity index is 579. The van der Waals surface area contributed by atoms with Crippen LogP contribution < -0.4 is 4.74 Å². The third-order valence-corrected chi connectivity index (χ3v) is 4.14. The van der Waals surface area contributed by atoms with Crippen molar-refractivity contribution in [2.45, 2.75) is 38.8 Å². The van der Waals surface area contributed by atoms with E-state index in [2.05, 4.69) is 28.0 Å². The summed E-state index contributed by atoms with van der Waals surface area (Å²) in [5, 5.41) is 4.06. The minimum Gasteiger partial charge on any atom is -0.495 e. The second-order valence-electron chi connectivity index (χ2n) is 5.39. The SMILES string of the molecule is CCc1nocc1CN1CCCC1c1ccc(OC)cn1. The zero-order chi connectivity index (χ0) is 14.7. The van der Waals surface area contributed by atoms with Gasteiger partial charge in [0.2, 0.25) is 0 Å². The highest BCUT2D eigenvalue weighted by Gasteiger charge is 2.28. The van der Waals surface area contributed by atoms with Crippen molar-refractivity contribution >= 4 is 0 Å². The molecule has 0 bridgehead atoms. The second-order valence-corrected chi connectivity index (χ2v) is 5.39. The van der Waals surface area contributed by atoms with Crippen LogP contribution in [0.1, 0.15) is 42.8 Å². The van der Waals surface area contributed by atoms with Crippen molar-refractivity contribution in [3.63, 3.8) is 0 Å². The van der Waals surface area contributed by atoms with Gasteiger partial charge in [0.15, 0.2) is 0 Å². The van der Waals surface area contributed by atoms with Gasteiger partial charge in [-0.3, -0.25) is 9.88 Å². The normalized spacial score (nSPS) is 19.0. The Hall–Kier alpha value is -1.88. The number of aryl methyl sites for hydroxylation is 1. The summed E-state index contributed by atoms with van der Waals surface area (Å²) in [6.07, 6.45) is 6.82. The molecule has 0 amide bonds. The molecule has 1 aliphatic rings. The molecule has 0 spiro atoms. The van der Waals surface area contributed by atoms with Crippen LogP contribution in [0.4, 0.5) is 0 Å². The lowest BCUT2D eigenvalue weighted by Gasteiger charge is -2.23. The number of nitrogens with zero attached hydrogens (tertiary/aromatic N) is 3. The number of likely N-dealkylation sites (tertiary alicyclic amines) is 1. The van der Waals surface area contributed by atoms with E-state index >= 15 is 0 Å². The Morgan fingerprint density at radius 1 is 1.43 bits per heavy atom. The molecule has 1 fully saturated rings. The molecular weight excluding hydrogens is 266 g/mol. The van der Waals surface area contributed by atoms with Crippen molar-refractivity contribution in [1.82, 2.24) is 15.0 Å². The Balaban J connectivity index is 1.75. The third-order valence-electron chi connectivity index (χ3n) is 4.14. The van der Waals surface area contributed by atoms with E-state index in [1.807, 2.05) is 6.07 Å². The van der Waals surface area contributed by atoms with Gasteiger partial charge in [0.1, 0.15) is 12.0 Å². The summed E-state index contributed by atoms with van der Waals surface area (Å²) in [5.74, 6) is 0.801. The zero-order valence-electron chi connectivity index (χ0n) is 12.6. The van der Waals surface area contributed by atoms with E-state index in [0.717, 1.165) is 43.1 Å². The van der Waals surface area contributed by atoms with E-state index in [-0.39, 0.29) is 0 Å². The van der Waals surface area contributed by atoms with Crippen LogP contribution in [0.2, 0.25) is 0 Å². The molecule has 3 rings (SSSR count). The maximum atomic E-state index is 5.18. The van der Waals surface area contributed by atoms with Gasteiger partial charge in [0.05, 0.1) is 30.7 Å². The van der Waals surface area contributed by atoms with Crippen molar-refractivity contribution in [1.29, 1.82) is 0 Å². The minimum absolute atomic E-state index is 0.371. The molecule has 21 heavy (non-hydrogen) atoms. The Labute approximate surface area is 124 Å². The number of methoxy groups -OCH3 is 1. The van der Waals surface area contributed by atoms with Crippen LogP contribution in [0.3, 0.4) is 0 Å². The smallest absolute Gasteiger partial charge is 0.137 e. The first-order valence-corrected chi connectivity index (χ1v) is 7.48. The van der Waals surface area contributed by atoms with E-state index in [4.69, 9.17) is 9.26 Å². The quantitative estimate of drug-likeness (QED) is 0.846. The lowest BCUT2D eigenvalue weighted by molar-refractivity contribution is 0.243. The van der Waals surface area contributed by atoms with Crippen molar-refractivity contribution < 1.29 is 9.26 Å². The first kappa shape index (κ1) is 14.1. The van der Waals surface area contributed by atoms with Gasteiger partial charge in [0, 0.05) is 12.1 Å². The fraction of sp³-hybridized carbons (Fsp3) is 0.500. The summed E-state index contributed by atoms with van der Waals surface area (Å²) in [5.41, 5.74) is 3.36. The van der Waals surface area contributed by atoms with Crippen molar-refractivity contribution in [2.75, 3.05) is 13.7 Å². The van der Waals surface area contributed by atoms with Gasteiger partial charge in [-0.25, -0.2) is 0 Å². The van der Waals surface area contributed by atoms with Gasteiger partial charge >= 0.3 is 0 Å². The summed E-state index contributed by atoms with van der Waals surface area (Å²) in [6.45, 7) is 4.08. The number of ether oxygens (including phenoxy) is 1. The van der Waals surface area contributed by atoms with Crippen LogP contribution >= 0.6 is 0 Å². The molecule has 0 N–H and O–H groups in total. The summed E-state index contributed by atoms with van der Waals surface area (Å²) < 4.78 is 10.3. The molecule has 112 valence electrons. The summed E-state index contributed by atoms with van der Waals surface area (Å²) in [4.78, 5) is 7.01. The topological polar surface area (TPSA) is 51.4 Å². The average molecular weight is 287 g/mol. The summed E-state index contributed by atoms with van der Waals surface area (Å²) in [7, 11) is 1.66. The molecule has 1 saturated heterocycles. The predicted molar refractivity (Wildman–Crippen MR) is 79.1 cm³/mol. The minimum atomic E-state index is 0.371. The van der Waals surface area contributed by atoms with E-state index in [0.29, 0.717) is 6.04 Å². The molecule has 1 unspecified atom stereocenters. The molecule has 5 heteroatoms. The number of pyridine rings is 1. The van der Waals surface area contributed by atoms with Crippen LogP contribution in [-0.4, -0.2) is 28.7 Å². The van der Waals surface area contributed by atoms with E-state index < -0.39 is 0 Å². The molecule has 5 nitrogen and oxygen atoms in total. The van der Waals surface area contributed by atoms with Gasteiger partial charge in [-0.1, -0.05) is 12.1 Å².